The molecule has 2 aromatic rings. The van der Waals surface area contributed by atoms with E-state index in [2.05, 4.69) is 0 Å². The third-order valence-electron chi connectivity index (χ3n) is 2.58. The molecule has 0 aliphatic rings. The Morgan fingerprint density at radius 3 is 2.37 bits per heavy atom. The molecule has 0 saturated heterocycles. The van der Waals surface area contributed by atoms with E-state index in [4.69, 9.17) is 5.73 Å². The first-order valence-electron chi connectivity index (χ1n) is 5.66. The Bertz CT molecular complexity index is 599. The van der Waals surface area contributed by atoms with Crippen molar-refractivity contribution < 1.29 is 13.2 Å². The molecule has 1 nitrogen and oxygen atoms in total. The van der Waals surface area contributed by atoms with Crippen LogP contribution in [0.3, 0.4) is 0 Å². The summed E-state index contributed by atoms with van der Waals surface area (Å²) in [6.07, 6.45) is 0. The van der Waals surface area contributed by atoms with Gasteiger partial charge in [-0.15, -0.1) is 0 Å². The molecule has 0 heterocycles. The Morgan fingerprint density at radius 1 is 1.00 bits per heavy atom. The maximum absolute atomic E-state index is 13.7. The molecule has 0 saturated carbocycles. The van der Waals surface area contributed by atoms with Gasteiger partial charge in [-0.1, -0.05) is 17.8 Å². The van der Waals surface area contributed by atoms with Gasteiger partial charge in [-0.05, 0) is 31.2 Å². The van der Waals surface area contributed by atoms with E-state index in [0.717, 1.165) is 23.9 Å². The molecule has 0 bridgehead atoms. The number of benzene rings is 2. The normalized spacial score (nSPS) is 12.5. The van der Waals surface area contributed by atoms with Crippen LogP contribution in [0.25, 0.3) is 0 Å². The second-order valence-corrected chi connectivity index (χ2v) is 5.20. The van der Waals surface area contributed by atoms with E-state index in [1.165, 1.54) is 18.2 Å². The van der Waals surface area contributed by atoms with Crippen molar-refractivity contribution in [1.82, 2.24) is 0 Å². The first-order chi connectivity index (χ1) is 8.99. The summed E-state index contributed by atoms with van der Waals surface area (Å²) >= 11 is 1.03. The standard InChI is InChI=1S/C14H12F3NS/c1-8(18)14-10(16)3-2-4-13(14)19-12-6-5-9(15)7-11(12)17/h2-8H,18H2,1H3/t8-/m0/s1. The van der Waals surface area contributed by atoms with Crippen molar-refractivity contribution in [2.45, 2.75) is 22.8 Å². The lowest BCUT2D eigenvalue weighted by Gasteiger charge is -2.13. The second-order valence-electron chi connectivity index (χ2n) is 4.12. The molecule has 0 unspecified atom stereocenters. The van der Waals surface area contributed by atoms with Crippen molar-refractivity contribution in [2.24, 2.45) is 5.73 Å². The van der Waals surface area contributed by atoms with Gasteiger partial charge in [0, 0.05) is 27.5 Å². The van der Waals surface area contributed by atoms with E-state index < -0.39 is 23.5 Å². The van der Waals surface area contributed by atoms with E-state index >= 15 is 0 Å². The first-order valence-corrected chi connectivity index (χ1v) is 6.47. The van der Waals surface area contributed by atoms with Gasteiger partial charge in [0.2, 0.25) is 0 Å². The molecule has 0 amide bonds. The van der Waals surface area contributed by atoms with Crippen molar-refractivity contribution in [1.29, 1.82) is 0 Å². The lowest BCUT2D eigenvalue weighted by atomic mass is 10.1. The van der Waals surface area contributed by atoms with Gasteiger partial charge in [-0.25, -0.2) is 13.2 Å². The Hall–Kier alpha value is -1.46. The number of hydrogen-bond donors (Lipinski definition) is 1. The zero-order chi connectivity index (χ0) is 14.0. The molecule has 2 N–H and O–H groups in total. The van der Waals surface area contributed by atoms with E-state index in [9.17, 15) is 13.2 Å². The Labute approximate surface area is 113 Å². The van der Waals surface area contributed by atoms with Gasteiger partial charge in [0.1, 0.15) is 17.5 Å². The molecule has 0 radical (unpaired) electrons. The van der Waals surface area contributed by atoms with Crippen LogP contribution < -0.4 is 5.73 Å². The quantitative estimate of drug-likeness (QED) is 0.910. The molecule has 0 fully saturated rings. The molecule has 2 rings (SSSR count). The minimum Gasteiger partial charge on any atom is -0.324 e. The summed E-state index contributed by atoms with van der Waals surface area (Å²) in [5.74, 6) is -1.75. The van der Waals surface area contributed by atoms with Gasteiger partial charge >= 0.3 is 0 Å². The van der Waals surface area contributed by atoms with Gasteiger partial charge in [0.15, 0.2) is 0 Å². The summed E-state index contributed by atoms with van der Waals surface area (Å²) in [6, 6.07) is 7.28. The molecule has 2 aromatic carbocycles. The lowest BCUT2D eigenvalue weighted by molar-refractivity contribution is 0.565. The highest BCUT2D eigenvalue weighted by atomic mass is 32.2. The average Bonchev–Trinajstić information content (AvgIpc) is 2.32. The minimum absolute atomic E-state index is 0.230. The Balaban J connectivity index is 2.41. The van der Waals surface area contributed by atoms with Crippen molar-refractivity contribution in [3.8, 4) is 0 Å². The lowest BCUT2D eigenvalue weighted by Crippen LogP contribution is -2.09. The fourth-order valence-corrected chi connectivity index (χ4v) is 2.79. The zero-order valence-electron chi connectivity index (χ0n) is 10.2. The zero-order valence-corrected chi connectivity index (χ0v) is 11.0. The molecule has 0 aliphatic heterocycles. The van der Waals surface area contributed by atoms with Crippen LogP contribution in [0, 0.1) is 17.5 Å². The fraction of sp³-hybridized carbons (Fsp3) is 0.143. The summed E-state index contributed by atoms with van der Waals surface area (Å²) in [5, 5.41) is 0. The molecule has 100 valence electrons. The van der Waals surface area contributed by atoms with Gasteiger partial charge in [0.05, 0.1) is 0 Å². The van der Waals surface area contributed by atoms with Crippen LogP contribution in [0.4, 0.5) is 13.2 Å². The summed E-state index contributed by atoms with van der Waals surface area (Å²) in [7, 11) is 0. The summed E-state index contributed by atoms with van der Waals surface area (Å²) in [5.41, 5.74) is 6.05. The molecular formula is C14H12F3NS. The van der Waals surface area contributed by atoms with Gasteiger partial charge < -0.3 is 5.73 Å². The number of hydrogen-bond acceptors (Lipinski definition) is 2. The van der Waals surface area contributed by atoms with Crippen LogP contribution in [0.1, 0.15) is 18.5 Å². The van der Waals surface area contributed by atoms with E-state index in [1.54, 1.807) is 13.0 Å². The largest absolute Gasteiger partial charge is 0.324 e. The second kappa shape index (κ2) is 5.67. The topological polar surface area (TPSA) is 26.0 Å². The highest BCUT2D eigenvalue weighted by Gasteiger charge is 2.15. The molecule has 5 heteroatoms. The molecule has 19 heavy (non-hydrogen) atoms. The highest BCUT2D eigenvalue weighted by Crippen LogP contribution is 2.35. The van der Waals surface area contributed by atoms with Gasteiger partial charge in [-0.3, -0.25) is 0 Å². The van der Waals surface area contributed by atoms with Gasteiger partial charge in [-0.2, -0.15) is 0 Å². The Kier molecular flexibility index (Phi) is 4.17. The number of halogens is 3. The van der Waals surface area contributed by atoms with E-state index in [-0.39, 0.29) is 4.90 Å². The SMILES string of the molecule is C[C@H](N)c1c(F)cccc1Sc1ccc(F)cc1F. The van der Waals surface area contributed by atoms with Gasteiger partial charge in [0.25, 0.3) is 0 Å². The maximum Gasteiger partial charge on any atom is 0.140 e. The third kappa shape index (κ3) is 3.11. The van der Waals surface area contributed by atoms with Crippen molar-refractivity contribution >= 4 is 11.8 Å². The van der Waals surface area contributed by atoms with Crippen molar-refractivity contribution in [3.63, 3.8) is 0 Å². The summed E-state index contributed by atoms with van der Waals surface area (Å²) in [6.45, 7) is 1.66. The minimum atomic E-state index is -0.676. The average molecular weight is 283 g/mol. The predicted molar refractivity (Wildman–Crippen MR) is 69.5 cm³/mol. The van der Waals surface area contributed by atoms with Crippen molar-refractivity contribution in [3.05, 3.63) is 59.4 Å². The molecule has 0 aromatic heterocycles. The van der Waals surface area contributed by atoms with Crippen LogP contribution in [0.15, 0.2) is 46.2 Å². The fourth-order valence-electron chi connectivity index (χ4n) is 1.72. The molecular weight excluding hydrogens is 271 g/mol. The Morgan fingerprint density at radius 2 is 1.74 bits per heavy atom. The number of nitrogens with two attached hydrogens (primary N) is 1. The third-order valence-corrected chi connectivity index (χ3v) is 3.71. The van der Waals surface area contributed by atoms with E-state index in [0.29, 0.717) is 10.5 Å². The molecule has 0 aliphatic carbocycles. The monoisotopic (exact) mass is 283 g/mol. The highest BCUT2D eigenvalue weighted by molar-refractivity contribution is 7.99. The van der Waals surface area contributed by atoms with E-state index in [1.807, 2.05) is 0 Å². The first kappa shape index (κ1) is 14.0. The molecule has 0 spiro atoms. The summed E-state index contributed by atoms with van der Waals surface area (Å²) < 4.78 is 40.1. The van der Waals surface area contributed by atoms with Crippen LogP contribution in [-0.2, 0) is 0 Å². The molecule has 1 atom stereocenters. The van der Waals surface area contributed by atoms with Crippen LogP contribution in [0.2, 0.25) is 0 Å². The van der Waals surface area contributed by atoms with Crippen LogP contribution >= 0.6 is 11.8 Å². The van der Waals surface area contributed by atoms with Crippen LogP contribution in [-0.4, -0.2) is 0 Å². The predicted octanol–water partition coefficient (Wildman–Crippen LogP) is 4.27. The number of rotatable bonds is 3. The maximum atomic E-state index is 13.7. The van der Waals surface area contributed by atoms with Crippen molar-refractivity contribution in [2.75, 3.05) is 0 Å². The van der Waals surface area contributed by atoms with Crippen LogP contribution in [0.5, 0.6) is 0 Å². The smallest absolute Gasteiger partial charge is 0.140 e. The summed E-state index contributed by atoms with van der Waals surface area (Å²) in [4.78, 5) is 0.759.